The molecule has 2 nitrogen and oxygen atoms in total. The van der Waals surface area contributed by atoms with Crippen molar-refractivity contribution in [3.8, 4) is 0 Å². The van der Waals surface area contributed by atoms with Crippen molar-refractivity contribution < 1.29 is 0 Å². The SMILES string of the molecule is CCC1CCC(N2CCCC(N)C2)C1C. The van der Waals surface area contributed by atoms with E-state index in [1.54, 1.807) is 0 Å². The monoisotopic (exact) mass is 210 g/mol. The molecule has 2 N–H and O–H groups in total. The van der Waals surface area contributed by atoms with Crippen molar-refractivity contribution in [2.24, 2.45) is 17.6 Å². The van der Waals surface area contributed by atoms with Crippen LogP contribution in [0.5, 0.6) is 0 Å². The van der Waals surface area contributed by atoms with Crippen molar-refractivity contribution in [3.63, 3.8) is 0 Å². The fraction of sp³-hybridized carbons (Fsp3) is 1.00. The zero-order chi connectivity index (χ0) is 10.8. The quantitative estimate of drug-likeness (QED) is 0.757. The van der Waals surface area contributed by atoms with Crippen molar-refractivity contribution >= 4 is 0 Å². The summed E-state index contributed by atoms with van der Waals surface area (Å²) in [6.45, 7) is 7.22. The van der Waals surface area contributed by atoms with Crippen molar-refractivity contribution in [3.05, 3.63) is 0 Å². The molecule has 1 heterocycles. The molecule has 1 saturated heterocycles. The molecule has 0 spiro atoms. The minimum absolute atomic E-state index is 0.437. The minimum atomic E-state index is 0.437. The van der Waals surface area contributed by atoms with Crippen LogP contribution in [-0.2, 0) is 0 Å². The highest BCUT2D eigenvalue weighted by atomic mass is 15.2. The largest absolute Gasteiger partial charge is 0.327 e. The van der Waals surface area contributed by atoms with Gasteiger partial charge in [-0.25, -0.2) is 0 Å². The van der Waals surface area contributed by atoms with Gasteiger partial charge in [-0.05, 0) is 44.1 Å². The molecule has 2 aliphatic rings. The average molecular weight is 210 g/mol. The van der Waals surface area contributed by atoms with Gasteiger partial charge in [0, 0.05) is 18.6 Å². The van der Waals surface area contributed by atoms with E-state index in [0.29, 0.717) is 6.04 Å². The van der Waals surface area contributed by atoms with E-state index in [1.165, 1.54) is 38.6 Å². The predicted molar refractivity (Wildman–Crippen MR) is 64.7 cm³/mol. The molecule has 1 aliphatic heterocycles. The van der Waals surface area contributed by atoms with Crippen LogP contribution in [0.25, 0.3) is 0 Å². The van der Waals surface area contributed by atoms with E-state index in [9.17, 15) is 0 Å². The van der Waals surface area contributed by atoms with Crippen LogP contribution in [0.3, 0.4) is 0 Å². The fourth-order valence-electron chi connectivity index (χ4n) is 3.66. The van der Waals surface area contributed by atoms with Gasteiger partial charge in [0.15, 0.2) is 0 Å². The molecule has 0 aromatic rings. The van der Waals surface area contributed by atoms with Crippen LogP contribution in [0, 0.1) is 11.8 Å². The Morgan fingerprint density at radius 2 is 2.07 bits per heavy atom. The second-order valence-corrected chi connectivity index (χ2v) is 5.57. The van der Waals surface area contributed by atoms with E-state index >= 15 is 0 Å². The van der Waals surface area contributed by atoms with Gasteiger partial charge in [-0.2, -0.15) is 0 Å². The Kier molecular flexibility index (Phi) is 3.68. The van der Waals surface area contributed by atoms with E-state index in [-0.39, 0.29) is 0 Å². The average Bonchev–Trinajstić information content (AvgIpc) is 2.59. The van der Waals surface area contributed by atoms with Crippen LogP contribution in [0.1, 0.15) is 46.0 Å². The molecule has 4 atom stereocenters. The van der Waals surface area contributed by atoms with E-state index < -0.39 is 0 Å². The van der Waals surface area contributed by atoms with Gasteiger partial charge in [0.25, 0.3) is 0 Å². The fourth-order valence-corrected chi connectivity index (χ4v) is 3.66. The lowest BCUT2D eigenvalue weighted by molar-refractivity contribution is 0.117. The maximum absolute atomic E-state index is 6.06. The van der Waals surface area contributed by atoms with Gasteiger partial charge in [-0.15, -0.1) is 0 Å². The van der Waals surface area contributed by atoms with E-state index in [2.05, 4.69) is 18.7 Å². The van der Waals surface area contributed by atoms with Gasteiger partial charge in [0.05, 0.1) is 0 Å². The number of rotatable bonds is 2. The summed E-state index contributed by atoms with van der Waals surface area (Å²) >= 11 is 0. The zero-order valence-corrected chi connectivity index (χ0v) is 10.3. The molecule has 15 heavy (non-hydrogen) atoms. The molecule has 0 aromatic heterocycles. The lowest BCUT2D eigenvalue weighted by Gasteiger charge is -2.38. The Morgan fingerprint density at radius 3 is 2.67 bits per heavy atom. The van der Waals surface area contributed by atoms with E-state index in [4.69, 9.17) is 5.73 Å². The van der Waals surface area contributed by atoms with Crippen molar-refractivity contribution in [2.45, 2.75) is 58.0 Å². The third-order valence-electron chi connectivity index (χ3n) is 4.67. The maximum atomic E-state index is 6.06. The summed E-state index contributed by atoms with van der Waals surface area (Å²) in [5.74, 6) is 1.86. The standard InChI is InChI=1S/C13H26N2/c1-3-11-6-7-13(10(11)2)15-8-4-5-12(14)9-15/h10-13H,3-9,14H2,1-2H3. The Hall–Kier alpha value is -0.0800. The topological polar surface area (TPSA) is 29.3 Å². The summed E-state index contributed by atoms with van der Waals surface area (Å²) < 4.78 is 0. The first-order valence-corrected chi connectivity index (χ1v) is 6.72. The third kappa shape index (κ3) is 2.36. The summed E-state index contributed by atoms with van der Waals surface area (Å²) in [5.41, 5.74) is 6.06. The number of hydrogen-bond donors (Lipinski definition) is 1. The Morgan fingerprint density at radius 1 is 1.27 bits per heavy atom. The van der Waals surface area contributed by atoms with Gasteiger partial charge in [0.2, 0.25) is 0 Å². The molecule has 1 aliphatic carbocycles. The van der Waals surface area contributed by atoms with Crippen LogP contribution in [0.2, 0.25) is 0 Å². The number of hydrogen-bond acceptors (Lipinski definition) is 2. The van der Waals surface area contributed by atoms with E-state index in [1.807, 2.05) is 0 Å². The normalized spacial score (nSPS) is 43.4. The first-order valence-electron chi connectivity index (χ1n) is 6.72. The molecule has 2 fully saturated rings. The first kappa shape index (κ1) is 11.4. The molecule has 0 radical (unpaired) electrons. The van der Waals surface area contributed by atoms with Gasteiger partial charge >= 0.3 is 0 Å². The zero-order valence-electron chi connectivity index (χ0n) is 10.3. The van der Waals surface area contributed by atoms with Crippen LogP contribution in [-0.4, -0.2) is 30.1 Å². The molecular formula is C13H26N2. The number of nitrogens with two attached hydrogens (primary N) is 1. The van der Waals surface area contributed by atoms with Gasteiger partial charge in [0.1, 0.15) is 0 Å². The molecule has 2 heteroatoms. The summed E-state index contributed by atoms with van der Waals surface area (Å²) in [6.07, 6.45) is 6.74. The Balaban J connectivity index is 1.93. The molecular weight excluding hydrogens is 184 g/mol. The van der Waals surface area contributed by atoms with Crippen LogP contribution in [0.15, 0.2) is 0 Å². The van der Waals surface area contributed by atoms with Crippen molar-refractivity contribution in [1.82, 2.24) is 4.90 Å². The van der Waals surface area contributed by atoms with Crippen molar-refractivity contribution in [2.75, 3.05) is 13.1 Å². The highest BCUT2D eigenvalue weighted by Gasteiger charge is 2.36. The summed E-state index contributed by atoms with van der Waals surface area (Å²) in [4.78, 5) is 2.68. The molecule has 1 saturated carbocycles. The van der Waals surface area contributed by atoms with E-state index in [0.717, 1.165) is 24.4 Å². The Bertz CT molecular complexity index is 205. The van der Waals surface area contributed by atoms with Gasteiger partial charge < -0.3 is 5.73 Å². The molecule has 88 valence electrons. The summed E-state index contributed by atoms with van der Waals surface area (Å²) in [5, 5.41) is 0. The maximum Gasteiger partial charge on any atom is 0.0168 e. The smallest absolute Gasteiger partial charge is 0.0168 e. The van der Waals surface area contributed by atoms with Crippen LogP contribution < -0.4 is 5.73 Å². The predicted octanol–water partition coefficient (Wildman–Crippen LogP) is 2.23. The lowest BCUT2D eigenvalue weighted by atomic mass is 9.92. The Labute approximate surface area is 94.2 Å². The second kappa shape index (κ2) is 4.84. The molecule has 2 rings (SSSR count). The highest BCUT2D eigenvalue weighted by Crippen LogP contribution is 2.37. The molecule has 0 amide bonds. The minimum Gasteiger partial charge on any atom is -0.327 e. The third-order valence-corrected chi connectivity index (χ3v) is 4.67. The molecule has 0 aromatic carbocycles. The molecule has 4 unspecified atom stereocenters. The summed E-state index contributed by atoms with van der Waals surface area (Å²) in [7, 11) is 0. The number of nitrogens with zero attached hydrogens (tertiary/aromatic N) is 1. The van der Waals surface area contributed by atoms with Gasteiger partial charge in [-0.1, -0.05) is 20.3 Å². The highest BCUT2D eigenvalue weighted by molar-refractivity contribution is 4.90. The van der Waals surface area contributed by atoms with Crippen LogP contribution in [0.4, 0.5) is 0 Å². The van der Waals surface area contributed by atoms with Crippen molar-refractivity contribution in [1.29, 1.82) is 0 Å². The number of piperidine rings is 1. The summed E-state index contributed by atoms with van der Waals surface area (Å²) in [6, 6.07) is 1.27. The van der Waals surface area contributed by atoms with Crippen LogP contribution >= 0.6 is 0 Å². The molecule has 0 bridgehead atoms. The lowest BCUT2D eigenvalue weighted by Crippen LogP contribution is -2.48. The first-order chi connectivity index (χ1) is 7.22. The second-order valence-electron chi connectivity index (χ2n) is 5.57. The van der Waals surface area contributed by atoms with Gasteiger partial charge in [-0.3, -0.25) is 4.90 Å². The number of likely N-dealkylation sites (tertiary alicyclic amines) is 1.